The van der Waals surface area contributed by atoms with Gasteiger partial charge in [0.2, 0.25) is 5.91 Å². The summed E-state index contributed by atoms with van der Waals surface area (Å²) in [5.74, 6) is 0.720. The number of amides is 1. The maximum Gasteiger partial charge on any atom is 0.233 e. The van der Waals surface area contributed by atoms with Crippen molar-refractivity contribution < 1.29 is 9.21 Å². The molecule has 26 heavy (non-hydrogen) atoms. The Hall–Kier alpha value is -2.44. The van der Waals surface area contributed by atoms with Crippen LogP contribution in [0.25, 0.3) is 10.2 Å². The van der Waals surface area contributed by atoms with Crippen LogP contribution in [0.2, 0.25) is 0 Å². The summed E-state index contributed by atoms with van der Waals surface area (Å²) in [7, 11) is 0. The van der Waals surface area contributed by atoms with Crippen molar-refractivity contribution in [2.75, 3.05) is 4.90 Å². The Morgan fingerprint density at radius 3 is 2.73 bits per heavy atom. The molecular formula is C20H15BrN2O2S. The Labute approximate surface area is 163 Å². The minimum atomic E-state index is -0.00859. The summed E-state index contributed by atoms with van der Waals surface area (Å²) in [6, 6.07) is 19.3. The lowest BCUT2D eigenvalue weighted by molar-refractivity contribution is -0.118. The molecule has 0 saturated carbocycles. The first-order valence-corrected chi connectivity index (χ1v) is 9.73. The Bertz CT molecular complexity index is 1030. The van der Waals surface area contributed by atoms with Crippen molar-refractivity contribution in [1.82, 2.24) is 4.98 Å². The number of hydrogen-bond donors (Lipinski definition) is 0. The number of nitrogens with zero attached hydrogens (tertiary/aromatic N) is 2. The minimum Gasteiger partial charge on any atom is -0.467 e. The molecule has 0 atom stereocenters. The summed E-state index contributed by atoms with van der Waals surface area (Å²) in [6.45, 7) is 0.361. The zero-order chi connectivity index (χ0) is 17.9. The molecule has 2 aromatic carbocycles. The summed E-state index contributed by atoms with van der Waals surface area (Å²) in [5, 5.41) is 0.676. The van der Waals surface area contributed by atoms with Crippen LogP contribution in [0.5, 0.6) is 0 Å². The Balaban J connectivity index is 1.68. The molecule has 2 aromatic heterocycles. The topological polar surface area (TPSA) is 46.3 Å². The van der Waals surface area contributed by atoms with E-state index in [1.54, 1.807) is 11.2 Å². The highest BCUT2D eigenvalue weighted by Crippen LogP contribution is 2.32. The molecule has 0 fully saturated rings. The third kappa shape index (κ3) is 3.71. The van der Waals surface area contributed by atoms with Crippen molar-refractivity contribution in [2.45, 2.75) is 13.0 Å². The monoisotopic (exact) mass is 426 g/mol. The summed E-state index contributed by atoms with van der Waals surface area (Å²) in [4.78, 5) is 19.4. The van der Waals surface area contributed by atoms with Crippen LogP contribution in [0.4, 0.5) is 5.13 Å². The van der Waals surface area contributed by atoms with Gasteiger partial charge in [-0.15, -0.1) is 0 Å². The molecule has 1 amide bonds. The Morgan fingerprint density at radius 2 is 1.96 bits per heavy atom. The van der Waals surface area contributed by atoms with Crippen molar-refractivity contribution >= 4 is 48.5 Å². The van der Waals surface area contributed by atoms with Crippen molar-refractivity contribution in [3.8, 4) is 0 Å². The highest BCUT2D eigenvalue weighted by molar-refractivity contribution is 9.10. The van der Waals surface area contributed by atoms with Gasteiger partial charge in [0, 0.05) is 4.47 Å². The highest BCUT2D eigenvalue weighted by atomic mass is 79.9. The lowest BCUT2D eigenvalue weighted by atomic mass is 10.1. The number of hydrogen-bond acceptors (Lipinski definition) is 4. The molecule has 0 bridgehead atoms. The summed E-state index contributed by atoms with van der Waals surface area (Å²) >= 11 is 4.99. The molecule has 4 aromatic rings. The van der Waals surface area contributed by atoms with Crippen molar-refractivity contribution in [2.24, 2.45) is 0 Å². The number of furan rings is 1. The van der Waals surface area contributed by atoms with Gasteiger partial charge >= 0.3 is 0 Å². The Kier molecular flexibility index (Phi) is 4.86. The summed E-state index contributed by atoms with van der Waals surface area (Å²) in [6.07, 6.45) is 1.94. The van der Waals surface area contributed by atoms with E-state index in [1.807, 2.05) is 60.7 Å². The van der Waals surface area contributed by atoms with Gasteiger partial charge in [-0.3, -0.25) is 9.69 Å². The first-order chi connectivity index (χ1) is 12.7. The first-order valence-electron chi connectivity index (χ1n) is 8.12. The number of carbonyl (C=O) groups excluding carboxylic acids is 1. The second-order valence-corrected chi connectivity index (χ2v) is 7.75. The number of benzene rings is 2. The van der Waals surface area contributed by atoms with Crippen LogP contribution in [0, 0.1) is 0 Å². The van der Waals surface area contributed by atoms with Crippen LogP contribution < -0.4 is 4.90 Å². The second-order valence-electron chi connectivity index (χ2n) is 5.83. The first kappa shape index (κ1) is 17.0. The van der Waals surface area contributed by atoms with Crippen LogP contribution >= 0.6 is 27.3 Å². The molecule has 0 N–H and O–H groups in total. The molecule has 0 aliphatic rings. The maximum absolute atomic E-state index is 13.0. The third-order valence-electron chi connectivity index (χ3n) is 3.96. The average Bonchev–Trinajstić information content (AvgIpc) is 3.29. The molecule has 4 rings (SSSR count). The van der Waals surface area contributed by atoms with E-state index >= 15 is 0 Å². The summed E-state index contributed by atoms with van der Waals surface area (Å²) < 4.78 is 7.48. The lowest BCUT2D eigenvalue weighted by Crippen LogP contribution is -2.31. The van der Waals surface area contributed by atoms with Gasteiger partial charge in [-0.2, -0.15) is 0 Å². The summed E-state index contributed by atoms with van der Waals surface area (Å²) in [5.41, 5.74) is 1.86. The van der Waals surface area contributed by atoms with Gasteiger partial charge in [0.1, 0.15) is 5.76 Å². The molecule has 0 radical (unpaired) electrons. The lowest BCUT2D eigenvalue weighted by Gasteiger charge is -2.18. The van der Waals surface area contributed by atoms with Crippen LogP contribution in [-0.4, -0.2) is 10.9 Å². The fourth-order valence-electron chi connectivity index (χ4n) is 2.69. The van der Waals surface area contributed by atoms with E-state index in [9.17, 15) is 4.79 Å². The average molecular weight is 427 g/mol. The highest BCUT2D eigenvalue weighted by Gasteiger charge is 2.21. The van der Waals surface area contributed by atoms with Gasteiger partial charge in [-0.05, 0) is 35.9 Å². The van der Waals surface area contributed by atoms with E-state index in [2.05, 4.69) is 20.9 Å². The maximum atomic E-state index is 13.0. The van der Waals surface area contributed by atoms with E-state index in [-0.39, 0.29) is 5.91 Å². The van der Waals surface area contributed by atoms with Crippen LogP contribution in [-0.2, 0) is 17.8 Å². The number of aromatic nitrogens is 1. The van der Waals surface area contributed by atoms with E-state index in [1.165, 1.54) is 11.3 Å². The number of carbonyl (C=O) groups is 1. The molecule has 0 aliphatic heterocycles. The van der Waals surface area contributed by atoms with Crippen LogP contribution in [0.1, 0.15) is 11.3 Å². The zero-order valence-corrected chi connectivity index (χ0v) is 16.2. The third-order valence-corrected chi connectivity index (χ3v) is 5.50. The second kappa shape index (κ2) is 7.43. The largest absolute Gasteiger partial charge is 0.467 e. The fourth-order valence-corrected chi connectivity index (χ4v) is 4.22. The zero-order valence-electron chi connectivity index (χ0n) is 13.8. The predicted molar refractivity (Wildman–Crippen MR) is 107 cm³/mol. The van der Waals surface area contributed by atoms with Crippen LogP contribution in [0.15, 0.2) is 75.8 Å². The Morgan fingerprint density at radius 1 is 1.12 bits per heavy atom. The molecule has 0 spiro atoms. The standard InChI is InChI=1S/C20H15BrN2O2S/c21-15-8-9-17-18(12-15)26-20(22-17)23(13-16-7-4-10-25-16)19(24)11-14-5-2-1-3-6-14/h1-10,12H,11,13H2. The van der Waals surface area contributed by atoms with Crippen molar-refractivity contribution in [1.29, 1.82) is 0 Å². The van der Waals surface area contributed by atoms with Crippen molar-refractivity contribution in [3.05, 3.63) is 82.7 Å². The van der Waals surface area contributed by atoms with E-state index < -0.39 is 0 Å². The molecule has 2 heterocycles. The van der Waals surface area contributed by atoms with Gasteiger partial charge in [0.15, 0.2) is 5.13 Å². The van der Waals surface area contributed by atoms with E-state index in [4.69, 9.17) is 4.42 Å². The number of halogens is 1. The number of anilines is 1. The smallest absolute Gasteiger partial charge is 0.233 e. The quantitative estimate of drug-likeness (QED) is 0.427. The van der Waals surface area contributed by atoms with Crippen LogP contribution in [0.3, 0.4) is 0 Å². The fraction of sp³-hybridized carbons (Fsp3) is 0.100. The molecule has 130 valence electrons. The molecule has 4 nitrogen and oxygen atoms in total. The van der Waals surface area contributed by atoms with Gasteiger partial charge in [0.25, 0.3) is 0 Å². The molecule has 0 saturated heterocycles. The number of rotatable bonds is 5. The van der Waals surface area contributed by atoms with Gasteiger partial charge in [-0.25, -0.2) is 4.98 Å². The minimum absolute atomic E-state index is 0.00859. The number of thiazole rings is 1. The number of fused-ring (bicyclic) bond motifs is 1. The molecule has 0 aliphatic carbocycles. The molecule has 6 heteroatoms. The van der Waals surface area contributed by atoms with E-state index in [0.717, 1.165) is 26.0 Å². The van der Waals surface area contributed by atoms with E-state index in [0.29, 0.717) is 18.1 Å². The van der Waals surface area contributed by atoms with Gasteiger partial charge < -0.3 is 4.42 Å². The van der Waals surface area contributed by atoms with Gasteiger partial charge in [-0.1, -0.05) is 57.6 Å². The normalized spacial score (nSPS) is 11.0. The SMILES string of the molecule is O=C(Cc1ccccc1)N(Cc1ccco1)c1nc2ccc(Br)cc2s1. The van der Waals surface area contributed by atoms with Crippen molar-refractivity contribution in [3.63, 3.8) is 0 Å². The molecular weight excluding hydrogens is 412 g/mol. The predicted octanol–water partition coefficient (Wildman–Crippen LogP) is 5.43. The molecule has 0 unspecified atom stereocenters. The van der Waals surface area contributed by atoms with Gasteiger partial charge in [0.05, 0.1) is 29.4 Å².